The van der Waals surface area contributed by atoms with Gasteiger partial charge < -0.3 is 10.1 Å². The summed E-state index contributed by atoms with van der Waals surface area (Å²) in [4.78, 5) is 16.7. The molecule has 0 aliphatic carbocycles. The van der Waals surface area contributed by atoms with Crippen LogP contribution in [0.5, 0.6) is 0 Å². The van der Waals surface area contributed by atoms with Crippen LogP contribution in [0, 0.1) is 5.82 Å². The highest BCUT2D eigenvalue weighted by Crippen LogP contribution is 2.33. The first-order valence-electron chi connectivity index (χ1n) is 10.9. The van der Waals surface area contributed by atoms with Crippen molar-refractivity contribution in [1.82, 2.24) is 25.0 Å². The molecule has 10 heteroatoms. The monoisotopic (exact) mass is 494 g/mol. The van der Waals surface area contributed by atoms with Crippen LogP contribution in [0.25, 0.3) is 28.2 Å². The third-order valence-electron chi connectivity index (χ3n) is 4.88. The number of rotatable bonds is 6. The summed E-state index contributed by atoms with van der Waals surface area (Å²) in [6.45, 7) is 7.16. The number of benzene rings is 1. The number of hydrogen-bond acceptors (Lipinski definition) is 7. The standard InChI is InChI=1S/C25H24ClFN6O2/c1-15(24(34)35-25(2,3)4)29-21-13-17(11-12-28-21)19-14-33(22-10-9-20(26)30-31-22)32-23(19)16-5-7-18(27)8-6-16/h5-15H,1-4H3,(H,28,29). The van der Waals surface area contributed by atoms with Crippen molar-refractivity contribution in [2.24, 2.45) is 0 Å². The Morgan fingerprint density at radius 2 is 1.83 bits per heavy atom. The Hall–Kier alpha value is -3.85. The van der Waals surface area contributed by atoms with E-state index in [1.54, 1.807) is 48.3 Å². The molecule has 3 heterocycles. The zero-order valence-electron chi connectivity index (χ0n) is 19.7. The molecule has 0 saturated carbocycles. The summed E-state index contributed by atoms with van der Waals surface area (Å²) in [5, 5.41) is 16.0. The summed E-state index contributed by atoms with van der Waals surface area (Å²) in [7, 11) is 0. The topological polar surface area (TPSA) is 94.8 Å². The van der Waals surface area contributed by atoms with Gasteiger partial charge in [0.15, 0.2) is 11.0 Å². The van der Waals surface area contributed by atoms with E-state index in [0.29, 0.717) is 17.3 Å². The van der Waals surface area contributed by atoms with E-state index >= 15 is 0 Å². The van der Waals surface area contributed by atoms with Crippen molar-refractivity contribution in [2.75, 3.05) is 5.32 Å². The molecule has 0 fully saturated rings. The summed E-state index contributed by atoms with van der Waals surface area (Å²) in [5.41, 5.74) is 2.27. The van der Waals surface area contributed by atoms with Crippen LogP contribution in [0.3, 0.4) is 0 Å². The van der Waals surface area contributed by atoms with Crippen molar-refractivity contribution >= 4 is 23.4 Å². The first-order chi connectivity index (χ1) is 16.6. The molecule has 1 unspecified atom stereocenters. The maximum absolute atomic E-state index is 13.6. The Morgan fingerprint density at radius 1 is 1.09 bits per heavy atom. The van der Waals surface area contributed by atoms with Gasteiger partial charge in [-0.25, -0.2) is 18.9 Å². The van der Waals surface area contributed by atoms with Gasteiger partial charge in [-0.3, -0.25) is 0 Å². The maximum atomic E-state index is 13.6. The summed E-state index contributed by atoms with van der Waals surface area (Å²) in [6.07, 6.45) is 3.43. The van der Waals surface area contributed by atoms with Crippen LogP contribution in [0.1, 0.15) is 27.7 Å². The van der Waals surface area contributed by atoms with Crippen molar-refractivity contribution in [3.8, 4) is 28.2 Å². The molecule has 0 amide bonds. The van der Waals surface area contributed by atoms with Crippen LogP contribution in [0.4, 0.5) is 10.2 Å². The number of hydrogen-bond donors (Lipinski definition) is 1. The molecule has 0 aliphatic heterocycles. The number of ether oxygens (including phenoxy) is 1. The van der Waals surface area contributed by atoms with E-state index in [0.717, 1.165) is 16.7 Å². The highest BCUT2D eigenvalue weighted by Gasteiger charge is 2.22. The van der Waals surface area contributed by atoms with Gasteiger partial charge in [-0.2, -0.15) is 5.10 Å². The summed E-state index contributed by atoms with van der Waals surface area (Å²) in [5.74, 6) is 0.232. The molecule has 8 nitrogen and oxygen atoms in total. The molecular formula is C25H24ClFN6O2. The fourth-order valence-corrected chi connectivity index (χ4v) is 3.40. The van der Waals surface area contributed by atoms with Gasteiger partial charge in [0.2, 0.25) is 0 Å². The molecule has 0 saturated heterocycles. The minimum absolute atomic E-state index is 0.267. The van der Waals surface area contributed by atoms with Crippen molar-refractivity contribution in [3.05, 3.63) is 71.9 Å². The molecular weight excluding hydrogens is 471 g/mol. The lowest BCUT2D eigenvalue weighted by molar-refractivity contribution is -0.155. The predicted molar refractivity (Wildman–Crippen MR) is 132 cm³/mol. The minimum Gasteiger partial charge on any atom is -0.458 e. The second kappa shape index (κ2) is 9.79. The van der Waals surface area contributed by atoms with Crippen LogP contribution in [0.2, 0.25) is 5.15 Å². The average molecular weight is 495 g/mol. The third-order valence-corrected chi connectivity index (χ3v) is 5.08. The average Bonchev–Trinajstić information content (AvgIpc) is 3.24. The summed E-state index contributed by atoms with van der Waals surface area (Å²) >= 11 is 5.87. The van der Waals surface area contributed by atoms with E-state index < -0.39 is 11.6 Å². The molecule has 35 heavy (non-hydrogen) atoms. The smallest absolute Gasteiger partial charge is 0.328 e. The number of pyridine rings is 1. The maximum Gasteiger partial charge on any atom is 0.328 e. The molecule has 4 rings (SSSR count). The van der Waals surface area contributed by atoms with Crippen molar-refractivity contribution in [1.29, 1.82) is 0 Å². The van der Waals surface area contributed by atoms with Gasteiger partial charge in [0, 0.05) is 23.5 Å². The number of nitrogens with one attached hydrogen (secondary N) is 1. The third kappa shape index (κ3) is 5.99. The Balaban J connectivity index is 1.71. The second-order valence-corrected chi connectivity index (χ2v) is 9.27. The number of carbonyl (C=O) groups excluding carboxylic acids is 1. The largest absolute Gasteiger partial charge is 0.458 e. The van der Waals surface area contributed by atoms with Crippen molar-refractivity contribution < 1.29 is 13.9 Å². The fourth-order valence-electron chi connectivity index (χ4n) is 3.30. The zero-order valence-corrected chi connectivity index (χ0v) is 20.4. The first kappa shape index (κ1) is 24.3. The SMILES string of the molecule is CC(Nc1cc(-c2cn(-c3ccc(Cl)nn3)nc2-c2ccc(F)cc2)ccn1)C(=O)OC(C)(C)C. The number of halogens is 2. The van der Waals surface area contributed by atoms with E-state index in [1.807, 2.05) is 32.9 Å². The van der Waals surface area contributed by atoms with Gasteiger partial charge in [0.05, 0.1) is 0 Å². The van der Waals surface area contributed by atoms with Crippen LogP contribution in [-0.4, -0.2) is 42.6 Å². The van der Waals surface area contributed by atoms with E-state index in [4.69, 9.17) is 16.3 Å². The Kier molecular flexibility index (Phi) is 6.79. The molecule has 0 bridgehead atoms. The number of anilines is 1. The van der Waals surface area contributed by atoms with E-state index in [1.165, 1.54) is 12.1 Å². The molecule has 0 aliphatic rings. The molecule has 1 atom stereocenters. The summed E-state index contributed by atoms with van der Waals surface area (Å²) in [6, 6.07) is 12.4. The van der Waals surface area contributed by atoms with Crippen molar-refractivity contribution in [3.63, 3.8) is 0 Å². The number of esters is 1. The molecule has 180 valence electrons. The Morgan fingerprint density at radius 3 is 2.49 bits per heavy atom. The number of nitrogens with zero attached hydrogens (tertiary/aromatic N) is 5. The van der Waals surface area contributed by atoms with Crippen LogP contribution >= 0.6 is 11.6 Å². The first-order valence-corrected chi connectivity index (χ1v) is 11.3. The van der Waals surface area contributed by atoms with Crippen LogP contribution in [-0.2, 0) is 9.53 Å². The molecule has 1 aromatic carbocycles. The van der Waals surface area contributed by atoms with E-state index in [-0.39, 0.29) is 16.9 Å². The highest BCUT2D eigenvalue weighted by atomic mass is 35.5. The Labute approximate surface area is 207 Å². The molecule has 4 aromatic rings. The lowest BCUT2D eigenvalue weighted by Crippen LogP contribution is -2.34. The van der Waals surface area contributed by atoms with Gasteiger partial charge >= 0.3 is 5.97 Å². The van der Waals surface area contributed by atoms with Crippen LogP contribution in [0.15, 0.2) is 60.9 Å². The van der Waals surface area contributed by atoms with Gasteiger partial charge in [0.1, 0.15) is 29.0 Å². The fraction of sp³-hybridized carbons (Fsp3) is 0.240. The van der Waals surface area contributed by atoms with E-state index in [9.17, 15) is 9.18 Å². The van der Waals surface area contributed by atoms with Gasteiger partial charge in [-0.05, 0) is 81.8 Å². The number of carbonyl (C=O) groups is 1. The minimum atomic E-state index is -0.611. The summed E-state index contributed by atoms with van der Waals surface area (Å²) < 4.78 is 20.6. The highest BCUT2D eigenvalue weighted by molar-refractivity contribution is 6.29. The van der Waals surface area contributed by atoms with Gasteiger partial charge in [-0.15, -0.1) is 10.2 Å². The van der Waals surface area contributed by atoms with Gasteiger partial charge in [0.25, 0.3) is 0 Å². The predicted octanol–water partition coefficient (Wildman–Crippen LogP) is 5.33. The lowest BCUT2D eigenvalue weighted by atomic mass is 10.0. The molecule has 3 aromatic heterocycles. The van der Waals surface area contributed by atoms with Crippen LogP contribution < -0.4 is 5.32 Å². The van der Waals surface area contributed by atoms with E-state index in [2.05, 4.69) is 25.6 Å². The molecule has 0 radical (unpaired) electrons. The quantitative estimate of drug-likeness (QED) is 0.362. The Bertz CT molecular complexity index is 1330. The molecule has 0 spiro atoms. The van der Waals surface area contributed by atoms with Crippen molar-refractivity contribution in [2.45, 2.75) is 39.3 Å². The second-order valence-electron chi connectivity index (χ2n) is 8.89. The molecule has 1 N–H and O–H groups in total. The normalized spacial score (nSPS) is 12.3. The zero-order chi connectivity index (χ0) is 25.2. The lowest BCUT2D eigenvalue weighted by Gasteiger charge is -2.23. The van der Waals surface area contributed by atoms with Gasteiger partial charge in [-0.1, -0.05) is 11.6 Å². The number of aromatic nitrogens is 5.